The molecule has 0 aliphatic heterocycles. The van der Waals surface area contributed by atoms with Crippen molar-refractivity contribution in [3.63, 3.8) is 0 Å². The molecule has 0 unspecified atom stereocenters. The minimum Gasteiger partial charge on any atom is -0.463 e. The Morgan fingerprint density at radius 3 is 2.44 bits per heavy atom. The van der Waals surface area contributed by atoms with Crippen molar-refractivity contribution in [1.82, 2.24) is 0 Å². The summed E-state index contributed by atoms with van der Waals surface area (Å²) in [5.41, 5.74) is 7.80. The quantitative estimate of drug-likeness (QED) is 0.622. The molecule has 1 rings (SSSR count). The van der Waals surface area contributed by atoms with Gasteiger partial charge in [0.25, 0.3) is 0 Å². The molecule has 0 saturated heterocycles. The molecule has 16 heavy (non-hydrogen) atoms. The van der Waals surface area contributed by atoms with E-state index in [1.165, 1.54) is 0 Å². The molecule has 0 bridgehead atoms. The van der Waals surface area contributed by atoms with Crippen LogP contribution in [0.15, 0.2) is 41.6 Å². The van der Waals surface area contributed by atoms with Gasteiger partial charge < -0.3 is 10.5 Å². The number of carbonyl (C=O) groups excluding carboxylic acids is 1. The van der Waals surface area contributed by atoms with E-state index in [0.29, 0.717) is 24.3 Å². The number of esters is 1. The zero-order valence-electron chi connectivity index (χ0n) is 9.69. The van der Waals surface area contributed by atoms with Crippen LogP contribution in [0.3, 0.4) is 0 Å². The first-order valence-corrected chi connectivity index (χ1v) is 5.31. The van der Waals surface area contributed by atoms with E-state index in [1.54, 1.807) is 13.8 Å². The van der Waals surface area contributed by atoms with Gasteiger partial charge in [0.05, 0.1) is 12.2 Å². The molecule has 2 N–H and O–H groups in total. The molecule has 0 fully saturated rings. The molecular weight excluding hydrogens is 202 g/mol. The second-order valence-corrected chi connectivity index (χ2v) is 3.54. The Morgan fingerprint density at radius 2 is 1.94 bits per heavy atom. The smallest absolute Gasteiger partial charge is 0.336 e. The summed E-state index contributed by atoms with van der Waals surface area (Å²) in [5.74, 6) is -0.327. The predicted molar refractivity (Wildman–Crippen MR) is 63.7 cm³/mol. The minimum absolute atomic E-state index is 0.327. The normalized spacial score (nSPS) is 11.9. The van der Waals surface area contributed by atoms with Crippen molar-refractivity contribution in [3.8, 4) is 0 Å². The third kappa shape index (κ3) is 3.42. The number of hydrogen-bond donors (Lipinski definition) is 1. The van der Waals surface area contributed by atoms with E-state index in [-0.39, 0.29) is 5.97 Å². The van der Waals surface area contributed by atoms with Crippen LogP contribution in [0.1, 0.15) is 19.4 Å². The number of hydrogen-bond acceptors (Lipinski definition) is 3. The second-order valence-electron chi connectivity index (χ2n) is 3.54. The Labute approximate surface area is 95.9 Å². The highest BCUT2D eigenvalue weighted by Crippen LogP contribution is 2.11. The summed E-state index contributed by atoms with van der Waals surface area (Å²) >= 11 is 0. The van der Waals surface area contributed by atoms with Crippen LogP contribution >= 0.6 is 0 Å². The van der Waals surface area contributed by atoms with Crippen LogP contribution in [0.4, 0.5) is 0 Å². The Kier molecular flexibility index (Phi) is 4.58. The molecule has 3 heteroatoms. The van der Waals surface area contributed by atoms with Crippen molar-refractivity contribution in [2.24, 2.45) is 5.73 Å². The summed E-state index contributed by atoms with van der Waals surface area (Å²) in [6.07, 6.45) is 0.516. The fourth-order valence-corrected chi connectivity index (χ4v) is 1.39. The zero-order chi connectivity index (χ0) is 12.0. The first-order chi connectivity index (χ1) is 7.65. The van der Waals surface area contributed by atoms with E-state index < -0.39 is 0 Å². The SMILES string of the molecule is CCOC(=O)/C(Cc1ccccc1)=C(\C)N. The maximum absolute atomic E-state index is 11.6. The van der Waals surface area contributed by atoms with E-state index >= 15 is 0 Å². The molecule has 0 aliphatic carbocycles. The van der Waals surface area contributed by atoms with Gasteiger partial charge in [-0.1, -0.05) is 30.3 Å². The molecule has 0 atom stereocenters. The van der Waals surface area contributed by atoms with Gasteiger partial charge in [0.1, 0.15) is 0 Å². The summed E-state index contributed by atoms with van der Waals surface area (Å²) < 4.78 is 4.96. The van der Waals surface area contributed by atoms with Crippen LogP contribution < -0.4 is 5.73 Å². The van der Waals surface area contributed by atoms with Crippen LogP contribution in [0.2, 0.25) is 0 Å². The molecule has 0 radical (unpaired) electrons. The van der Waals surface area contributed by atoms with Gasteiger partial charge >= 0.3 is 5.97 Å². The van der Waals surface area contributed by atoms with E-state index in [0.717, 1.165) is 5.56 Å². The maximum atomic E-state index is 11.6. The Hall–Kier alpha value is -1.77. The molecule has 1 aromatic rings. The van der Waals surface area contributed by atoms with Gasteiger partial charge in [-0.2, -0.15) is 0 Å². The number of carbonyl (C=O) groups is 1. The van der Waals surface area contributed by atoms with E-state index in [9.17, 15) is 4.79 Å². The number of benzene rings is 1. The number of ether oxygens (including phenoxy) is 1. The van der Waals surface area contributed by atoms with Crippen molar-refractivity contribution in [3.05, 3.63) is 47.2 Å². The van der Waals surface area contributed by atoms with E-state index in [1.807, 2.05) is 30.3 Å². The predicted octanol–water partition coefficient (Wildman–Crippen LogP) is 2.02. The number of allylic oxidation sites excluding steroid dienone is 1. The van der Waals surface area contributed by atoms with Crippen molar-refractivity contribution in [2.75, 3.05) is 6.61 Å². The van der Waals surface area contributed by atoms with Gasteiger partial charge in [0.15, 0.2) is 0 Å². The lowest BCUT2D eigenvalue weighted by atomic mass is 10.0. The third-order valence-corrected chi connectivity index (χ3v) is 2.22. The summed E-state index contributed by atoms with van der Waals surface area (Å²) in [6.45, 7) is 3.86. The highest BCUT2D eigenvalue weighted by molar-refractivity contribution is 5.89. The van der Waals surface area contributed by atoms with Crippen molar-refractivity contribution >= 4 is 5.97 Å². The van der Waals surface area contributed by atoms with Crippen molar-refractivity contribution in [1.29, 1.82) is 0 Å². The van der Waals surface area contributed by atoms with Gasteiger partial charge in [-0.05, 0) is 19.4 Å². The van der Waals surface area contributed by atoms with E-state index in [4.69, 9.17) is 10.5 Å². The Bertz CT molecular complexity index is 378. The van der Waals surface area contributed by atoms with Crippen LogP contribution in [-0.2, 0) is 16.0 Å². The van der Waals surface area contributed by atoms with Gasteiger partial charge in [0, 0.05) is 12.1 Å². The van der Waals surface area contributed by atoms with Crippen LogP contribution in [0.25, 0.3) is 0 Å². The summed E-state index contributed by atoms with van der Waals surface area (Å²) in [7, 11) is 0. The molecule has 0 aliphatic rings. The molecule has 0 spiro atoms. The van der Waals surface area contributed by atoms with Gasteiger partial charge in [0.2, 0.25) is 0 Å². The molecular formula is C13H17NO2. The van der Waals surface area contributed by atoms with Gasteiger partial charge in [-0.3, -0.25) is 0 Å². The van der Waals surface area contributed by atoms with Crippen LogP contribution in [0, 0.1) is 0 Å². The van der Waals surface area contributed by atoms with Gasteiger partial charge in [-0.25, -0.2) is 4.79 Å². The fraction of sp³-hybridized carbons (Fsp3) is 0.308. The largest absolute Gasteiger partial charge is 0.463 e. The molecule has 0 amide bonds. The highest BCUT2D eigenvalue weighted by Gasteiger charge is 2.13. The second kappa shape index (κ2) is 5.95. The summed E-state index contributed by atoms with van der Waals surface area (Å²) in [6, 6.07) is 9.73. The molecule has 0 saturated carbocycles. The first-order valence-electron chi connectivity index (χ1n) is 5.31. The van der Waals surface area contributed by atoms with E-state index in [2.05, 4.69) is 0 Å². The molecule has 0 heterocycles. The first kappa shape index (κ1) is 12.3. The lowest BCUT2D eigenvalue weighted by molar-refractivity contribution is -0.138. The van der Waals surface area contributed by atoms with Crippen molar-refractivity contribution in [2.45, 2.75) is 20.3 Å². The number of rotatable bonds is 4. The summed E-state index contributed by atoms with van der Waals surface area (Å²) in [5, 5.41) is 0. The Balaban J connectivity index is 2.83. The third-order valence-electron chi connectivity index (χ3n) is 2.22. The lowest BCUT2D eigenvalue weighted by Gasteiger charge is -2.08. The molecule has 0 aromatic heterocycles. The molecule has 1 aromatic carbocycles. The summed E-state index contributed by atoms with van der Waals surface area (Å²) in [4.78, 5) is 11.6. The van der Waals surface area contributed by atoms with Crippen LogP contribution in [0.5, 0.6) is 0 Å². The minimum atomic E-state index is -0.327. The average Bonchev–Trinajstić information content (AvgIpc) is 2.27. The Morgan fingerprint density at radius 1 is 1.31 bits per heavy atom. The average molecular weight is 219 g/mol. The highest BCUT2D eigenvalue weighted by atomic mass is 16.5. The van der Waals surface area contributed by atoms with Crippen molar-refractivity contribution < 1.29 is 9.53 Å². The zero-order valence-corrected chi connectivity index (χ0v) is 9.69. The lowest BCUT2D eigenvalue weighted by Crippen LogP contribution is -2.14. The standard InChI is InChI=1S/C13H17NO2/c1-3-16-13(15)12(10(2)14)9-11-7-5-4-6-8-11/h4-8H,3,9,14H2,1-2H3/b12-10+. The van der Waals surface area contributed by atoms with Gasteiger partial charge in [-0.15, -0.1) is 0 Å². The monoisotopic (exact) mass is 219 g/mol. The van der Waals surface area contributed by atoms with Crippen LogP contribution in [-0.4, -0.2) is 12.6 Å². The fourth-order valence-electron chi connectivity index (χ4n) is 1.39. The molecule has 3 nitrogen and oxygen atoms in total. The number of nitrogens with two attached hydrogens (primary N) is 1. The maximum Gasteiger partial charge on any atom is 0.336 e. The molecule has 86 valence electrons. The topological polar surface area (TPSA) is 52.3 Å².